The van der Waals surface area contributed by atoms with Gasteiger partial charge in [-0.3, -0.25) is 19.8 Å². The molecule has 6 nitrogen and oxygen atoms in total. The minimum absolute atomic E-state index is 0.277. The summed E-state index contributed by atoms with van der Waals surface area (Å²) < 4.78 is 0. The third-order valence-electron chi connectivity index (χ3n) is 4.52. The maximum atomic E-state index is 12.5. The van der Waals surface area contributed by atoms with Gasteiger partial charge in [0.05, 0.1) is 0 Å². The van der Waals surface area contributed by atoms with Gasteiger partial charge >= 0.3 is 6.03 Å². The molecule has 6 heteroatoms. The highest BCUT2D eigenvalue weighted by Gasteiger charge is 2.57. The third kappa shape index (κ3) is 2.04. The van der Waals surface area contributed by atoms with Gasteiger partial charge in [-0.1, -0.05) is 6.42 Å². The number of barbiturate groups is 1. The Kier molecular flexibility index (Phi) is 3.16. The average Bonchev–Trinajstić information content (AvgIpc) is 2.22. The van der Waals surface area contributed by atoms with E-state index in [4.69, 9.17) is 0 Å². The molecule has 1 heterocycles. The number of amides is 4. The number of likely N-dealkylation sites (N-methyl/N-ethyl adjacent to an activating group) is 1. The van der Waals surface area contributed by atoms with E-state index in [1.54, 1.807) is 0 Å². The van der Waals surface area contributed by atoms with Gasteiger partial charge in [0, 0.05) is 12.1 Å². The number of carbonyl (C=O) groups is 3. The lowest BCUT2D eigenvalue weighted by Gasteiger charge is -2.47. The van der Waals surface area contributed by atoms with E-state index in [2.05, 4.69) is 5.32 Å². The zero-order valence-electron chi connectivity index (χ0n) is 11.9. The molecule has 2 rings (SSSR count). The molecule has 1 aliphatic heterocycles. The molecule has 1 N–H and O–H groups in total. The highest BCUT2D eigenvalue weighted by Crippen LogP contribution is 2.44. The van der Waals surface area contributed by atoms with Gasteiger partial charge in [-0.05, 0) is 40.8 Å². The van der Waals surface area contributed by atoms with E-state index in [1.165, 1.54) is 4.90 Å². The van der Waals surface area contributed by atoms with Crippen molar-refractivity contribution in [3.05, 3.63) is 0 Å². The SMILES string of the molecule is CN(C)C(C)(C)CN1C(=O)NC(=O)C2(CCC2)C1=O. The molecule has 2 fully saturated rings. The van der Waals surface area contributed by atoms with Gasteiger partial charge in [0.15, 0.2) is 0 Å². The van der Waals surface area contributed by atoms with Crippen LogP contribution in [0.5, 0.6) is 0 Å². The Bertz CT molecular complexity index is 438. The van der Waals surface area contributed by atoms with Gasteiger partial charge in [0.2, 0.25) is 11.8 Å². The zero-order chi connectivity index (χ0) is 14.4. The van der Waals surface area contributed by atoms with Crippen LogP contribution in [0, 0.1) is 5.41 Å². The largest absolute Gasteiger partial charge is 0.330 e. The summed E-state index contributed by atoms with van der Waals surface area (Å²) in [4.78, 5) is 39.4. The Morgan fingerprint density at radius 1 is 1.26 bits per heavy atom. The summed E-state index contributed by atoms with van der Waals surface area (Å²) in [6.45, 7) is 4.19. The fourth-order valence-electron chi connectivity index (χ4n) is 2.38. The molecule has 106 valence electrons. The molecule has 4 amide bonds. The molecular formula is C13H21N3O3. The first-order valence-corrected chi connectivity index (χ1v) is 6.55. The summed E-state index contributed by atoms with van der Waals surface area (Å²) in [7, 11) is 3.80. The smallest absolute Gasteiger partial charge is 0.302 e. The predicted molar refractivity (Wildman–Crippen MR) is 69.3 cm³/mol. The van der Waals surface area contributed by atoms with Crippen LogP contribution in [0.3, 0.4) is 0 Å². The van der Waals surface area contributed by atoms with E-state index in [0.717, 1.165) is 6.42 Å². The number of imide groups is 2. The van der Waals surface area contributed by atoms with Crippen molar-refractivity contribution in [1.82, 2.24) is 15.1 Å². The van der Waals surface area contributed by atoms with E-state index in [9.17, 15) is 14.4 Å². The second-order valence-electron chi connectivity index (χ2n) is 6.29. The molecule has 0 aromatic rings. The molecule has 0 unspecified atom stereocenters. The summed E-state index contributed by atoms with van der Waals surface area (Å²) in [6, 6.07) is -0.595. The van der Waals surface area contributed by atoms with Crippen LogP contribution in [0.25, 0.3) is 0 Å². The monoisotopic (exact) mass is 267 g/mol. The van der Waals surface area contributed by atoms with E-state index >= 15 is 0 Å². The quantitative estimate of drug-likeness (QED) is 0.759. The Hall–Kier alpha value is -1.43. The normalized spacial score (nSPS) is 22.8. The molecule has 0 aromatic heterocycles. The predicted octanol–water partition coefficient (Wildman–Crippen LogP) is 0.575. The van der Waals surface area contributed by atoms with E-state index in [-0.39, 0.29) is 18.0 Å². The first kappa shape index (κ1) is 14.0. The second kappa shape index (κ2) is 4.30. The van der Waals surface area contributed by atoms with E-state index in [0.29, 0.717) is 12.8 Å². The molecule has 0 aromatic carbocycles. The van der Waals surface area contributed by atoms with Crippen LogP contribution in [0.15, 0.2) is 0 Å². The Morgan fingerprint density at radius 2 is 1.84 bits per heavy atom. The molecule has 1 saturated carbocycles. The third-order valence-corrected chi connectivity index (χ3v) is 4.52. The minimum atomic E-state index is -0.976. The van der Waals surface area contributed by atoms with Crippen molar-refractivity contribution in [1.29, 1.82) is 0 Å². The van der Waals surface area contributed by atoms with Gasteiger partial charge in [0.25, 0.3) is 0 Å². The molecule has 1 spiro atoms. The summed E-state index contributed by atoms with van der Waals surface area (Å²) in [5.74, 6) is -0.755. The highest BCUT2D eigenvalue weighted by atomic mass is 16.2. The molecule has 2 aliphatic rings. The summed E-state index contributed by atoms with van der Waals surface area (Å²) in [5.41, 5.74) is -1.31. The minimum Gasteiger partial charge on any atom is -0.302 e. The van der Waals surface area contributed by atoms with Crippen molar-refractivity contribution < 1.29 is 14.4 Å². The number of hydrogen-bond donors (Lipinski definition) is 1. The van der Waals surface area contributed by atoms with Crippen LogP contribution in [-0.2, 0) is 9.59 Å². The van der Waals surface area contributed by atoms with Crippen molar-refractivity contribution in [3.63, 3.8) is 0 Å². The number of nitrogens with zero attached hydrogens (tertiary/aromatic N) is 2. The number of urea groups is 1. The number of carbonyl (C=O) groups excluding carboxylic acids is 3. The van der Waals surface area contributed by atoms with E-state index < -0.39 is 17.4 Å². The average molecular weight is 267 g/mol. The van der Waals surface area contributed by atoms with Crippen molar-refractivity contribution in [2.75, 3.05) is 20.6 Å². The molecule has 1 aliphatic carbocycles. The molecule has 0 bridgehead atoms. The lowest BCUT2D eigenvalue weighted by atomic mass is 9.66. The lowest BCUT2D eigenvalue weighted by molar-refractivity contribution is -0.158. The number of rotatable bonds is 3. The van der Waals surface area contributed by atoms with Crippen molar-refractivity contribution in [2.24, 2.45) is 5.41 Å². The van der Waals surface area contributed by atoms with Crippen LogP contribution in [0.1, 0.15) is 33.1 Å². The van der Waals surface area contributed by atoms with E-state index in [1.807, 2.05) is 32.8 Å². The van der Waals surface area contributed by atoms with Gasteiger partial charge in [-0.2, -0.15) is 0 Å². The Balaban J connectivity index is 2.23. The van der Waals surface area contributed by atoms with Gasteiger partial charge in [-0.25, -0.2) is 4.79 Å². The fourth-order valence-corrected chi connectivity index (χ4v) is 2.38. The number of hydrogen-bond acceptors (Lipinski definition) is 4. The Morgan fingerprint density at radius 3 is 2.26 bits per heavy atom. The maximum absolute atomic E-state index is 12.5. The molecular weight excluding hydrogens is 246 g/mol. The molecule has 19 heavy (non-hydrogen) atoms. The van der Waals surface area contributed by atoms with Crippen LogP contribution < -0.4 is 5.32 Å². The van der Waals surface area contributed by atoms with Crippen molar-refractivity contribution in [3.8, 4) is 0 Å². The van der Waals surface area contributed by atoms with Crippen molar-refractivity contribution >= 4 is 17.8 Å². The standard InChI is InChI=1S/C13H21N3O3/c1-12(2,15(3)4)8-16-10(18)13(6-5-7-13)9(17)14-11(16)19/h5-8H2,1-4H3,(H,14,17,19). The second-order valence-corrected chi connectivity index (χ2v) is 6.29. The summed E-state index contributed by atoms with van der Waals surface area (Å²) in [5, 5.41) is 2.32. The van der Waals surface area contributed by atoms with Crippen LogP contribution in [-0.4, -0.2) is 53.8 Å². The first-order valence-electron chi connectivity index (χ1n) is 6.55. The zero-order valence-corrected chi connectivity index (χ0v) is 11.9. The molecule has 0 atom stereocenters. The van der Waals surface area contributed by atoms with Gasteiger partial charge < -0.3 is 4.90 Å². The van der Waals surface area contributed by atoms with Gasteiger partial charge in [-0.15, -0.1) is 0 Å². The van der Waals surface area contributed by atoms with Crippen LogP contribution in [0.2, 0.25) is 0 Å². The molecule has 1 saturated heterocycles. The lowest BCUT2D eigenvalue weighted by Crippen LogP contribution is -2.68. The highest BCUT2D eigenvalue weighted by molar-refractivity contribution is 6.19. The number of nitrogens with one attached hydrogen (secondary N) is 1. The topological polar surface area (TPSA) is 69.7 Å². The van der Waals surface area contributed by atoms with Crippen LogP contribution >= 0.6 is 0 Å². The maximum Gasteiger partial charge on any atom is 0.330 e. The van der Waals surface area contributed by atoms with Crippen molar-refractivity contribution in [2.45, 2.75) is 38.6 Å². The fraction of sp³-hybridized carbons (Fsp3) is 0.769. The molecule has 0 radical (unpaired) electrons. The summed E-state index contributed by atoms with van der Waals surface area (Å²) in [6.07, 6.45) is 1.95. The summed E-state index contributed by atoms with van der Waals surface area (Å²) >= 11 is 0. The first-order chi connectivity index (χ1) is 8.70. The van der Waals surface area contributed by atoms with Crippen LogP contribution in [0.4, 0.5) is 4.79 Å². The van der Waals surface area contributed by atoms with Gasteiger partial charge in [0.1, 0.15) is 5.41 Å². The Labute approximate surface area is 113 Å².